The molecule has 0 spiro atoms. The highest BCUT2D eigenvalue weighted by Crippen LogP contribution is 2.24. The second kappa shape index (κ2) is 7.52. The van der Waals surface area contributed by atoms with Crippen molar-refractivity contribution in [1.82, 2.24) is 4.90 Å². The highest BCUT2D eigenvalue weighted by Gasteiger charge is 2.32. The molecule has 4 nitrogen and oxygen atoms in total. The molecule has 0 amide bonds. The summed E-state index contributed by atoms with van der Waals surface area (Å²) in [6.07, 6.45) is 7.24. The predicted molar refractivity (Wildman–Crippen MR) is 83.4 cm³/mol. The summed E-state index contributed by atoms with van der Waals surface area (Å²) in [7, 11) is 0. The molecule has 0 saturated carbocycles. The van der Waals surface area contributed by atoms with Crippen molar-refractivity contribution in [1.29, 1.82) is 0 Å². The van der Waals surface area contributed by atoms with Gasteiger partial charge in [0.25, 0.3) is 0 Å². The van der Waals surface area contributed by atoms with Crippen LogP contribution in [0.15, 0.2) is 12.2 Å². The maximum atomic E-state index is 12.2. The summed E-state index contributed by atoms with van der Waals surface area (Å²) in [5, 5.41) is 0. The van der Waals surface area contributed by atoms with Crippen molar-refractivity contribution in [2.24, 2.45) is 5.41 Å². The van der Waals surface area contributed by atoms with Gasteiger partial charge in [-0.15, -0.1) is 0 Å². The SMILES string of the molecule is CCCC(C)(C)C(=O)/C=C/CN1CC[C@H]2OCCO[C@H]2C1. The van der Waals surface area contributed by atoms with Gasteiger partial charge in [0.15, 0.2) is 5.78 Å². The summed E-state index contributed by atoms with van der Waals surface area (Å²) in [5.41, 5.74) is -0.238. The number of hydrogen-bond donors (Lipinski definition) is 0. The minimum absolute atomic E-state index is 0.202. The van der Waals surface area contributed by atoms with Gasteiger partial charge in [0.1, 0.15) is 0 Å². The second-order valence-electron chi connectivity index (χ2n) is 6.77. The normalized spacial score (nSPS) is 27.8. The van der Waals surface area contributed by atoms with E-state index in [1.54, 1.807) is 6.08 Å². The van der Waals surface area contributed by atoms with E-state index in [-0.39, 0.29) is 23.4 Å². The number of piperidine rings is 1. The fraction of sp³-hybridized carbons (Fsp3) is 0.824. The molecule has 4 heteroatoms. The standard InChI is InChI=1S/C17H29NO3/c1-4-8-17(2,3)16(19)6-5-9-18-10-7-14-15(13-18)21-12-11-20-14/h5-6,14-15H,4,7-13H2,1-3H3/b6-5+/t14-,15+/m1/s1. The number of nitrogens with zero attached hydrogens (tertiary/aromatic N) is 1. The van der Waals surface area contributed by atoms with Crippen molar-refractivity contribution >= 4 is 5.78 Å². The Morgan fingerprint density at radius 3 is 2.71 bits per heavy atom. The largest absolute Gasteiger partial charge is 0.373 e. The van der Waals surface area contributed by atoms with Crippen LogP contribution in [-0.2, 0) is 14.3 Å². The van der Waals surface area contributed by atoms with Crippen molar-refractivity contribution in [2.75, 3.05) is 32.8 Å². The zero-order valence-electron chi connectivity index (χ0n) is 13.6. The number of fused-ring (bicyclic) bond motifs is 1. The van der Waals surface area contributed by atoms with E-state index in [9.17, 15) is 4.79 Å². The summed E-state index contributed by atoms with van der Waals surface area (Å²) in [5.74, 6) is 0.233. The lowest BCUT2D eigenvalue weighted by atomic mass is 9.83. The van der Waals surface area contributed by atoms with E-state index < -0.39 is 0 Å². The van der Waals surface area contributed by atoms with Gasteiger partial charge in [0.2, 0.25) is 0 Å². The van der Waals surface area contributed by atoms with Crippen molar-refractivity contribution in [2.45, 2.75) is 52.2 Å². The Morgan fingerprint density at radius 1 is 1.29 bits per heavy atom. The first kappa shape index (κ1) is 16.7. The van der Waals surface area contributed by atoms with E-state index in [1.165, 1.54) is 0 Å². The van der Waals surface area contributed by atoms with E-state index in [0.717, 1.165) is 45.5 Å². The number of allylic oxidation sites excluding steroid dienone is 1. The molecule has 2 heterocycles. The van der Waals surface area contributed by atoms with Crippen molar-refractivity contribution in [3.63, 3.8) is 0 Å². The van der Waals surface area contributed by atoms with E-state index in [4.69, 9.17) is 9.47 Å². The molecule has 21 heavy (non-hydrogen) atoms. The van der Waals surface area contributed by atoms with Crippen LogP contribution in [0.5, 0.6) is 0 Å². The van der Waals surface area contributed by atoms with Gasteiger partial charge < -0.3 is 9.47 Å². The monoisotopic (exact) mass is 295 g/mol. The minimum atomic E-state index is -0.238. The number of likely N-dealkylation sites (tertiary alicyclic amines) is 1. The molecule has 0 bridgehead atoms. The molecular weight excluding hydrogens is 266 g/mol. The van der Waals surface area contributed by atoms with Crippen LogP contribution in [0, 0.1) is 5.41 Å². The molecule has 2 saturated heterocycles. The van der Waals surface area contributed by atoms with Gasteiger partial charge in [-0.1, -0.05) is 33.3 Å². The van der Waals surface area contributed by atoms with Crippen LogP contribution in [-0.4, -0.2) is 55.7 Å². The average molecular weight is 295 g/mol. The number of ketones is 1. The van der Waals surface area contributed by atoms with Gasteiger partial charge in [0, 0.05) is 25.0 Å². The van der Waals surface area contributed by atoms with E-state index in [2.05, 4.69) is 11.8 Å². The van der Waals surface area contributed by atoms with Gasteiger partial charge in [-0.3, -0.25) is 9.69 Å². The van der Waals surface area contributed by atoms with Crippen LogP contribution in [0.3, 0.4) is 0 Å². The molecule has 0 N–H and O–H groups in total. The van der Waals surface area contributed by atoms with Crippen LogP contribution in [0.1, 0.15) is 40.0 Å². The topological polar surface area (TPSA) is 38.8 Å². The zero-order valence-corrected chi connectivity index (χ0v) is 13.6. The fourth-order valence-electron chi connectivity index (χ4n) is 3.16. The van der Waals surface area contributed by atoms with E-state index in [1.807, 2.05) is 19.9 Å². The quantitative estimate of drug-likeness (QED) is 0.706. The minimum Gasteiger partial charge on any atom is -0.373 e. The Hall–Kier alpha value is -0.710. The van der Waals surface area contributed by atoms with Gasteiger partial charge in [-0.25, -0.2) is 0 Å². The first-order valence-electron chi connectivity index (χ1n) is 8.19. The Morgan fingerprint density at radius 2 is 2.00 bits per heavy atom. The number of ether oxygens (including phenoxy) is 2. The Kier molecular flexibility index (Phi) is 5.97. The van der Waals surface area contributed by atoms with Gasteiger partial charge >= 0.3 is 0 Å². The Balaban J connectivity index is 1.77. The smallest absolute Gasteiger partial charge is 0.160 e. The molecule has 0 aromatic carbocycles. The highest BCUT2D eigenvalue weighted by molar-refractivity contribution is 5.94. The van der Waals surface area contributed by atoms with Gasteiger partial charge in [0.05, 0.1) is 25.4 Å². The van der Waals surface area contributed by atoms with E-state index in [0.29, 0.717) is 6.61 Å². The van der Waals surface area contributed by atoms with Crippen LogP contribution < -0.4 is 0 Å². The first-order chi connectivity index (χ1) is 10.0. The van der Waals surface area contributed by atoms with Crippen LogP contribution in [0.4, 0.5) is 0 Å². The molecule has 2 fully saturated rings. The van der Waals surface area contributed by atoms with Crippen LogP contribution in [0.2, 0.25) is 0 Å². The second-order valence-corrected chi connectivity index (χ2v) is 6.77. The highest BCUT2D eigenvalue weighted by atomic mass is 16.6. The summed E-state index contributed by atoms with van der Waals surface area (Å²) >= 11 is 0. The van der Waals surface area contributed by atoms with Crippen molar-refractivity contribution in [3.05, 3.63) is 12.2 Å². The fourth-order valence-corrected chi connectivity index (χ4v) is 3.16. The third kappa shape index (κ3) is 4.63. The summed E-state index contributed by atoms with van der Waals surface area (Å²) < 4.78 is 11.5. The number of carbonyl (C=O) groups is 1. The molecule has 0 radical (unpaired) electrons. The number of rotatable bonds is 6. The molecule has 120 valence electrons. The van der Waals surface area contributed by atoms with Gasteiger partial charge in [-0.05, 0) is 18.9 Å². The van der Waals surface area contributed by atoms with Crippen LogP contribution >= 0.6 is 0 Å². The molecular formula is C17H29NO3. The molecule has 2 aliphatic rings. The van der Waals surface area contributed by atoms with Gasteiger partial charge in [-0.2, -0.15) is 0 Å². The first-order valence-corrected chi connectivity index (χ1v) is 8.19. The lowest BCUT2D eigenvalue weighted by molar-refractivity contribution is -0.163. The molecule has 0 aromatic rings. The molecule has 2 rings (SSSR count). The molecule has 0 aromatic heterocycles. The molecule has 2 aliphatic heterocycles. The molecule has 0 unspecified atom stereocenters. The van der Waals surface area contributed by atoms with Crippen molar-refractivity contribution < 1.29 is 14.3 Å². The third-order valence-corrected chi connectivity index (χ3v) is 4.50. The van der Waals surface area contributed by atoms with E-state index >= 15 is 0 Å². The number of carbonyl (C=O) groups excluding carboxylic acids is 1. The van der Waals surface area contributed by atoms with Crippen LogP contribution in [0.25, 0.3) is 0 Å². The number of hydrogen-bond acceptors (Lipinski definition) is 4. The zero-order chi connectivity index (χ0) is 15.3. The molecule has 2 atom stereocenters. The summed E-state index contributed by atoms with van der Waals surface area (Å²) in [6, 6.07) is 0. The lowest BCUT2D eigenvalue weighted by Crippen LogP contribution is -2.51. The average Bonchev–Trinajstić information content (AvgIpc) is 2.47. The lowest BCUT2D eigenvalue weighted by Gasteiger charge is -2.40. The Labute approximate surface area is 128 Å². The third-order valence-electron chi connectivity index (χ3n) is 4.50. The summed E-state index contributed by atoms with van der Waals surface area (Å²) in [6.45, 7) is 10.3. The maximum absolute atomic E-state index is 12.2. The summed E-state index contributed by atoms with van der Waals surface area (Å²) in [4.78, 5) is 14.5. The predicted octanol–water partition coefficient (Wildman–Crippen LogP) is 2.43. The maximum Gasteiger partial charge on any atom is 0.160 e. The van der Waals surface area contributed by atoms with Crippen molar-refractivity contribution in [3.8, 4) is 0 Å². The molecule has 0 aliphatic carbocycles. The Bertz CT molecular complexity index is 378.